The van der Waals surface area contributed by atoms with Crippen molar-refractivity contribution in [2.45, 2.75) is 0 Å². The van der Waals surface area contributed by atoms with E-state index in [1.807, 2.05) is 0 Å². The van der Waals surface area contributed by atoms with Crippen LogP contribution in [-0.4, -0.2) is 25.1 Å². The minimum absolute atomic E-state index is 0.0463. The molecule has 0 saturated heterocycles. The molecule has 1 aromatic heterocycles. The van der Waals surface area contributed by atoms with Gasteiger partial charge in [-0.3, -0.25) is 10.1 Å². The molecule has 1 aromatic carbocycles. The Morgan fingerprint density at radius 2 is 2.11 bits per heavy atom. The first kappa shape index (κ1) is 12.3. The Morgan fingerprint density at radius 3 is 2.67 bits per heavy atom. The molecule has 0 radical (unpaired) electrons. The van der Waals surface area contributed by atoms with E-state index in [0.717, 1.165) is 4.70 Å². The zero-order valence-corrected chi connectivity index (χ0v) is 10.4. The molecule has 0 atom stereocenters. The molecular weight excluding hydrogens is 258 g/mol. The van der Waals surface area contributed by atoms with Crippen LogP contribution in [0.25, 0.3) is 10.1 Å². The third kappa shape index (κ3) is 1.88. The van der Waals surface area contributed by atoms with Gasteiger partial charge in [-0.1, -0.05) is 0 Å². The molecule has 0 aliphatic rings. The Hall–Kier alpha value is -2.15. The van der Waals surface area contributed by atoms with Crippen LogP contribution in [0.4, 0.5) is 5.69 Å². The maximum atomic E-state index is 11.6. The third-order valence-corrected chi connectivity index (χ3v) is 3.54. The van der Waals surface area contributed by atoms with Crippen LogP contribution in [-0.2, 0) is 4.74 Å². The second kappa shape index (κ2) is 4.61. The van der Waals surface area contributed by atoms with E-state index in [4.69, 9.17) is 4.74 Å². The van der Waals surface area contributed by atoms with Crippen LogP contribution in [0.15, 0.2) is 18.2 Å². The monoisotopic (exact) mass is 267 g/mol. The van der Waals surface area contributed by atoms with Crippen molar-refractivity contribution in [2.24, 2.45) is 0 Å². The van der Waals surface area contributed by atoms with E-state index in [1.165, 1.54) is 37.7 Å². The highest BCUT2D eigenvalue weighted by atomic mass is 32.1. The highest BCUT2D eigenvalue weighted by Gasteiger charge is 2.21. The van der Waals surface area contributed by atoms with Gasteiger partial charge in [0.1, 0.15) is 0 Å². The number of nitro groups is 1. The summed E-state index contributed by atoms with van der Waals surface area (Å²) in [5.74, 6) is -0.207. The lowest BCUT2D eigenvalue weighted by atomic mass is 10.2. The van der Waals surface area contributed by atoms with Crippen LogP contribution in [0.3, 0.4) is 0 Å². The number of hydrogen-bond acceptors (Lipinski definition) is 6. The second-order valence-corrected chi connectivity index (χ2v) is 4.45. The van der Waals surface area contributed by atoms with Gasteiger partial charge in [0, 0.05) is 22.2 Å². The SMILES string of the molecule is COC(=O)c1sc2ccc([N+](=O)[O-])cc2c1OC. The lowest BCUT2D eigenvalue weighted by Crippen LogP contribution is -2.00. The summed E-state index contributed by atoms with van der Waals surface area (Å²) in [4.78, 5) is 22.1. The fraction of sp³-hybridized carbons (Fsp3) is 0.182. The number of ether oxygens (including phenoxy) is 2. The highest BCUT2D eigenvalue weighted by molar-refractivity contribution is 7.21. The van der Waals surface area contributed by atoms with Crippen molar-refractivity contribution in [3.8, 4) is 5.75 Å². The van der Waals surface area contributed by atoms with Gasteiger partial charge in [0.2, 0.25) is 0 Å². The van der Waals surface area contributed by atoms with E-state index in [1.54, 1.807) is 6.07 Å². The summed E-state index contributed by atoms with van der Waals surface area (Å²) in [6, 6.07) is 4.36. The largest absolute Gasteiger partial charge is 0.494 e. The molecule has 0 N–H and O–H groups in total. The molecule has 0 saturated carbocycles. The number of hydrogen-bond donors (Lipinski definition) is 0. The standard InChI is InChI=1S/C11H9NO5S/c1-16-9-7-5-6(12(14)15)3-4-8(7)18-10(9)11(13)17-2/h3-5H,1-2H3. The van der Waals surface area contributed by atoms with Crippen molar-refractivity contribution in [2.75, 3.05) is 14.2 Å². The number of non-ortho nitro benzene ring substituents is 1. The summed E-state index contributed by atoms with van der Waals surface area (Å²) in [7, 11) is 2.68. The molecule has 0 aliphatic carbocycles. The molecular formula is C11H9NO5S. The average molecular weight is 267 g/mol. The van der Waals surface area contributed by atoms with E-state index in [0.29, 0.717) is 16.0 Å². The van der Waals surface area contributed by atoms with Gasteiger partial charge in [-0.25, -0.2) is 4.79 Å². The summed E-state index contributed by atoms with van der Waals surface area (Å²) in [5.41, 5.74) is -0.0463. The van der Waals surface area contributed by atoms with Gasteiger partial charge in [-0.15, -0.1) is 11.3 Å². The second-order valence-electron chi connectivity index (χ2n) is 3.39. The fourth-order valence-electron chi connectivity index (χ4n) is 1.61. The number of rotatable bonds is 3. The van der Waals surface area contributed by atoms with Crippen LogP contribution >= 0.6 is 11.3 Å². The summed E-state index contributed by atoms with van der Waals surface area (Å²) in [6.07, 6.45) is 0. The molecule has 6 nitrogen and oxygen atoms in total. The Morgan fingerprint density at radius 1 is 1.39 bits per heavy atom. The molecule has 0 fully saturated rings. The average Bonchev–Trinajstić information content (AvgIpc) is 2.74. The van der Waals surface area contributed by atoms with Crippen molar-refractivity contribution < 1.29 is 19.2 Å². The Bertz CT molecular complexity index is 634. The van der Waals surface area contributed by atoms with Crippen LogP contribution in [0.5, 0.6) is 5.75 Å². The number of esters is 1. The van der Waals surface area contributed by atoms with E-state index in [9.17, 15) is 14.9 Å². The zero-order chi connectivity index (χ0) is 13.3. The first-order valence-corrected chi connectivity index (χ1v) is 5.73. The first-order valence-electron chi connectivity index (χ1n) is 4.91. The minimum atomic E-state index is -0.518. The molecule has 2 rings (SSSR count). The summed E-state index contributed by atoms with van der Waals surface area (Å²) in [5, 5.41) is 11.3. The van der Waals surface area contributed by atoms with Crippen LogP contribution in [0.1, 0.15) is 9.67 Å². The molecule has 94 valence electrons. The number of methoxy groups -OCH3 is 2. The molecule has 7 heteroatoms. The maximum absolute atomic E-state index is 11.6. The van der Waals surface area contributed by atoms with Crippen molar-refractivity contribution in [1.29, 1.82) is 0 Å². The molecule has 1 heterocycles. The molecule has 0 aliphatic heterocycles. The topological polar surface area (TPSA) is 78.7 Å². The Balaban J connectivity index is 2.70. The number of carbonyl (C=O) groups is 1. The number of fused-ring (bicyclic) bond motifs is 1. The van der Waals surface area contributed by atoms with Gasteiger partial charge in [0.25, 0.3) is 5.69 Å². The molecule has 0 bridgehead atoms. The lowest BCUT2D eigenvalue weighted by molar-refractivity contribution is -0.384. The van der Waals surface area contributed by atoms with Gasteiger partial charge >= 0.3 is 5.97 Å². The zero-order valence-electron chi connectivity index (χ0n) is 9.63. The third-order valence-electron chi connectivity index (χ3n) is 2.41. The Labute approximate surface area is 106 Å². The molecule has 0 spiro atoms. The molecule has 2 aromatic rings. The van der Waals surface area contributed by atoms with Crippen molar-refractivity contribution in [3.63, 3.8) is 0 Å². The normalized spacial score (nSPS) is 10.3. The number of carbonyl (C=O) groups excluding carboxylic acids is 1. The Kier molecular flexibility index (Phi) is 3.15. The predicted molar refractivity (Wildman–Crippen MR) is 66.4 cm³/mol. The summed E-state index contributed by atoms with van der Waals surface area (Å²) in [6.45, 7) is 0. The fourth-order valence-corrected chi connectivity index (χ4v) is 2.68. The van der Waals surface area contributed by atoms with Gasteiger partial charge in [0.15, 0.2) is 10.6 Å². The smallest absolute Gasteiger partial charge is 0.351 e. The van der Waals surface area contributed by atoms with Gasteiger partial charge in [-0.05, 0) is 6.07 Å². The summed E-state index contributed by atoms with van der Waals surface area (Å²) < 4.78 is 10.5. The van der Waals surface area contributed by atoms with Crippen LogP contribution in [0.2, 0.25) is 0 Å². The van der Waals surface area contributed by atoms with E-state index in [-0.39, 0.29) is 5.69 Å². The van der Waals surface area contributed by atoms with E-state index >= 15 is 0 Å². The molecule has 0 amide bonds. The summed E-state index contributed by atoms with van der Waals surface area (Å²) >= 11 is 1.18. The molecule has 0 unspecified atom stereocenters. The van der Waals surface area contributed by atoms with Crippen molar-refractivity contribution in [3.05, 3.63) is 33.2 Å². The van der Waals surface area contributed by atoms with E-state index in [2.05, 4.69) is 4.74 Å². The highest BCUT2D eigenvalue weighted by Crippen LogP contribution is 2.39. The van der Waals surface area contributed by atoms with Gasteiger partial charge in [0.05, 0.1) is 19.1 Å². The number of nitrogens with zero attached hydrogens (tertiary/aromatic N) is 1. The van der Waals surface area contributed by atoms with Crippen LogP contribution in [0, 0.1) is 10.1 Å². The number of thiophene rings is 1. The first-order chi connectivity index (χ1) is 8.58. The van der Waals surface area contributed by atoms with Crippen LogP contribution < -0.4 is 4.74 Å². The number of nitro benzene ring substituents is 1. The van der Waals surface area contributed by atoms with Crippen molar-refractivity contribution in [1.82, 2.24) is 0 Å². The van der Waals surface area contributed by atoms with Crippen molar-refractivity contribution >= 4 is 33.1 Å². The number of benzene rings is 1. The van der Waals surface area contributed by atoms with Gasteiger partial charge < -0.3 is 9.47 Å². The quantitative estimate of drug-likeness (QED) is 0.485. The van der Waals surface area contributed by atoms with Gasteiger partial charge in [-0.2, -0.15) is 0 Å². The lowest BCUT2D eigenvalue weighted by Gasteiger charge is -2.00. The molecule has 18 heavy (non-hydrogen) atoms. The van der Waals surface area contributed by atoms with E-state index < -0.39 is 10.9 Å². The predicted octanol–water partition coefficient (Wildman–Crippen LogP) is 2.60. The maximum Gasteiger partial charge on any atom is 0.351 e. The minimum Gasteiger partial charge on any atom is -0.494 e.